The summed E-state index contributed by atoms with van der Waals surface area (Å²) in [6.07, 6.45) is 3.95. The Balaban J connectivity index is 4.82. The maximum Gasteiger partial charge on any atom is 0.244 e. The van der Waals surface area contributed by atoms with Gasteiger partial charge < -0.3 is 15.5 Å². The molecule has 0 saturated heterocycles. The quantitative estimate of drug-likeness (QED) is 0.604. The maximum atomic E-state index is 12.6. The van der Waals surface area contributed by atoms with Crippen molar-refractivity contribution in [1.29, 1.82) is 0 Å². The van der Waals surface area contributed by atoms with E-state index in [4.69, 9.17) is 0 Å². The molecule has 140 valence electrons. The zero-order chi connectivity index (χ0) is 18.7. The summed E-state index contributed by atoms with van der Waals surface area (Å²) < 4.78 is 0. The Labute approximate surface area is 146 Å². The molecule has 6 heteroatoms. The van der Waals surface area contributed by atoms with Crippen molar-refractivity contribution in [3.63, 3.8) is 0 Å². The van der Waals surface area contributed by atoms with E-state index in [-0.39, 0.29) is 23.6 Å². The highest BCUT2D eigenvalue weighted by atomic mass is 16.2. The minimum atomic E-state index is -0.627. The van der Waals surface area contributed by atoms with E-state index >= 15 is 0 Å². The van der Waals surface area contributed by atoms with E-state index in [0.717, 1.165) is 38.8 Å². The Morgan fingerprint density at radius 2 is 1.42 bits per heavy atom. The summed E-state index contributed by atoms with van der Waals surface area (Å²) >= 11 is 0. The molecule has 0 saturated carbocycles. The number of carbonyl (C=O) groups is 3. The van der Waals surface area contributed by atoms with Crippen LogP contribution in [0, 0.1) is 5.92 Å². The van der Waals surface area contributed by atoms with E-state index in [0.29, 0.717) is 0 Å². The fraction of sp³-hybridized carbons (Fsp3) is 0.833. The predicted octanol–water partition coefficient (Wildman–Crippen LogP) is 2.08. The van der Waals surface area contributed by atoms with Gasteiger partial charge in [0, 0.05) is 20.0 Å². The largest absolute Gasteiger partial charge is 0.344 e. The summed E-state index contributed by atoms with van der Waals surface area (Å²) in [5, 5.41) is 5.40. The summed E-state index contributed by atoms with van der Waals surface area (Å²) in [6, 6.07) is -1.22. The molecule has 2 atom stereocenters. The van der Waals surface area contributed by atoms with Crippen LogP contribution in [0.4, 0.5) is 0 Å². The molecule has 0 aliphatic heterocycles. The van der Waals surface area contributed by atoms with Crippen LogP contribution in [0.2, 0.25) is 0 Å². The van der Waals surface area contributed by atoms with Crippen molar-refractivity contribution in [1.82, 2.24) is 15.5 Å². The Kier molecular flexibility index (Phi) is 11.1. The lowest BCUT2D eigenvalue weighted by molar-refractivity contribution is -0.137. The molecule has 0 aliphatic carbocycles. The van der Waals surface area contributed by atoms with Gasteiger partial charge in [-0.2, -0.15) is 0 Å². The monoisotopic (exact) mass is 341 g/mol. The number of carbonyl (C=O) groups excluding carboxylic acids is 3. The van der Waals surface area contributed by atoms with E-state index in [1.165, 1.54) is 6.92 Å². The molecule has 0 radical (unpaired) electrons. The van der Waals surface area contributed by atoms with E-state index in [1.54, 1.807) is 6.92 Å². The van der Waals surface area contributed by atoms with Crippen LogP contribution in [-0.4, -0.2) is 47.8 Å². The molecule has 0 rings (SSSR count). The fourth-order valence-electron chi connectivity index (χ4n) is 2.42. The first-order valence-corrected chi connectivity index (χ1v) is 9.10. The second-order valence-corrected chi connectivity index (χ2v) is 6.68. The van der Waals surface area contributed by atoms with Crippen molar-refractivity contribution in [3.05, 3.63) is 0 Å². The maximum absolute atomic E-state index is 12.6. The molecular weight excluding hydrogens is 306 g/mol. The number of nitrogens with one attached hydrogen (secondary N) is 2. The van der Waals surface area contributed by atoms with E-state index in [9.17, 15) is 14.4 Å². The first-order valence-electron chi connectivity index (χ1n) is 9.10. The molecule has 0 unspecified atom stereocenters. The van der Waals surface area contributed by atoms with Gasteiger partial charge >= 0.3 is 0 Å². The average molecular weight is 341 g/mol. The Morgan fingerprint density at radius 3 is 1.79 bits per heavy atom. The smallest absolute Gasteiger partial charge is 0.244 e. The van der Waals surface area contributed by atoms with Crippen LogP contribution >= 0.6 is 0 Å². The van der Waals surface area contributed by atoms with E-state index in [2.05, 4.69) is 24.5 Å². The number of rotatable bonds is 11. The third-order valence-corrected chi connectivity index (χ3v) is 3.91. The van der Waals surface area contributed by atoms with E-state index < -0.39 is 12.1 Å². The van der Waals surface area contributed by atoms with Crippen molar-refractivity contribution in [2.45, 2.75) is 79.3 Å². The zero-order valence-corrected chi connectivity index (χ0v) is 16.1. The Hall–Kier alpha value is -1.59. The third kappa shape index (κ3) is 8.31. The Morgan fingerprint density at radius 1 is 0.917 bits per heavy atom. The van der Waals surface area contributed by atoms with Crippen LogP contribution in [0.25, 0.3) is 0 Å². The molecule has 2 N–H and O–H groups in total. The third-order valence-electron chi connectivity index (χ3n) is 3.91. The fourth-order valence-corrected chi connectivity index (χ4v) is 2.42. The molecule has 3 amide bonds. The van der Waals surface area contributed by atoms with Crippen LogP contribution in [0.3, 0.4) is 0 Å². The minimum Gasteiger partial charge on any atom is -0.344 e. The number of hydrogen-bond acceptors (Lipinski definition) is 3. The van der Waals surface area contributed by atoms with Gasteiger partial charge in [-0.15, -0.1) is 0 Å². The van der Waals surface area contributed by atoms with Crippen molar-refractivity contribution in [2.75, 3.05) is 13.1 Å². The summed E-state index contributed by atoms with van der Waals surface area (Å²) in [7, 11) is 0. The number of nitrogens with zero attached hydrogens (tertiary/aromatic N) is 1. The minimum absolute atomic E-state index is 0.0486. The lowest BCUT2D eigenvalue weighted by Gasteiger charge is -2.28. The van der Waals surface area contributed by atoms with Gasteiger partial charge in [-0.25, -0.2) is 0 Å². The summed E-state index contributed by atoms with van der Waals surface area (Å²) in [4.78, 5) is 38.1. The van der Waals surface area contributed by atoms with E-state index in [1.807, 2.05) is 18.7 Å². The number of unbranched alkanes of at least 4 members (excludes halogenated alkanes) is 2. The second-order valence-electron chi connectivity index (χ2n) is 6.68. The second kappa shape index (κ2) is 11.9. The van der Waals surface area contributed by atoms with Crippen LogP contribution in [0.1, 0.15) is 67.2 Å². The predicted molar refractivity (Wildman–Crippen MR) is 96.4 cm³/mol. The van der Waals surface area contributed by atoms with Gasteiger partial charge in [0.25, 0.3) is 0 Å². The van der Waals surface area contributed by atoms with Crippen LogP contribution in [0.5, 0.6) is 0 Å². The van der Waals surface area contributed by atoms with Gasteiger partial charge in [-0.1, -0.05) is 40.5 Å². The molecule has 24 heavy (non-hydrogen) atoms. The van der Waals surface area contributed by atoms with Crippen LogP contribution in [-0.2, 0) is 14.4 Å². The highest BCUT2D eigenvalue weighted by molar-refractivity contribution is 5.91. The van der Waals surface area contributed by atoms with Crippen molar-refractivity contribution < 1.29 is 14.4 Å². The lowest BCUT2D eigenvalue weighted by Crippen LogP contribution is -2.54. The van der Waals surface area contributed by atoms with Crippen molar-refractivity contribution >= 4 is 17.7 Å². The normalized spacial score (nSPS) is 13.3. The number of amides is 3. The molecule has 0 aromatic heterocycles. The lowest BCUT2D eigenvalue weighted by atomic mass is 10.0. The summed E-state index contributed by atoms with van der Waals surface area (Å²) in [6.45, 7) is 12.4. The first-order chi connectivity index (χ1) is 11.2. The van der Waals surface area contributed by atoms with Gasteiger partial charge in [-0.3, -0.25) is 14.4 Å². The first kappa shape index (κ1) is 22.4. The molecular formula is C18H35N3O3. The summed E-state index contributed by atoms with van der Waals surface area (Å²) in [5.41, 5.74) is 0. The van der Waals surface area contributed by atoms with Crippen LogP contribution < -0.4 is 10.6 Å². The Bertz CT molecular complexity index is 402. The standard InChI is InChI=1S/C18H35N3O3/c1-7-9-11-21(12-10-8-2)18(24)14(5)19-17(23)16(13(3)4)20-15(6)22/h13-14,16H,7-12H2,1-6H3,(H,19,23)(H,20,22)/t14-,16-/m0/s1. The average Bonchev–Trinajstić information content (AvgIpc) is 2.51. The van der Waals surface area contributed by atoms with Gasteiger partial charge in [0.1, 0.15) is 12.1 Å². The number of hydrogen-bond donors (Lipinski definition) is 2. The molecule has 6 nitrogen and oxygen atoms in total. The molecule has 0 bridgehead atoms. The zero-order valence-electron chi connectivity index (χ0n) is 16.1. The van der Waals surface area contributed by atoms with Gasteiger partial charge in [0.2, 0.25) is 17.7 Å². The molecule has 0 aromatic rings. The topological polar surface area (TPSA) is 78.5 Å². The van der Waals surface area contributed by atoms with Crippen molar-refractivity contribution in [3.8, 4) is 0 Å². The molecule has 0 aliphatic rings. The highest BCUT2D eigenvalue weighted by Crippen LogP contribution is 2.05. The van der Waals surface area contributed by atoms with Gasteiger partial charge in [0.05, 0.1) is 0 Å². The highest BCUT2D eigenvalue weighted by Gasteiger charge is 2.27. The molecule has 0 aromatic carbocycles. The van der Waals surface area contributed by atoms with Gasteiger partial charge in [0.15, 0.2) is 0 Å². The van der Waals surface area contributed by atoms with Gasteiger partial charge in [-0.05, 0) is 25.7 Å². The molecule has 0 heterocycles. The van der Waals surface area contributed by atoms with Crippen LogP contribution in [0.15, 0.2) is 0 Å². The van der Waals surface area contributed by atoms with Crippen molar-refractivity contribution in [2.24, 2.45) is 5.92 Å². The molecule has 0 fully saturated rings. The molecule has 0 spiro atoms. The SMILES string of the molecule is CCCCN(CCCC)C(=O)[C@H](C)NC(=O)[C@@H](NC(C)=O)C(C)C. The summed E-state index contributed by atoms with van der Waals surface area (Å²) in [5.74, 6) is -0.676.